The third kappa shape index (κ3) is 5.10. The van der Waals surface area contributed by atoms with Crippen molar-refractivity contribution >= 4 is 17.6 Å². The van der Waals surface area contributed by atoms with Crippen molar-refractivity contribution in [3.8, 4) is 17.1 Å². The molecule has 0 amide bonds. The van der Waals surface area contributed by atoms with Crippen LogP contribution in [-0.2, 0) is 6.54 Å². The van der Waals surface area contributed by atoms with Crippen LogP contribution in [0.3, 0.4) is 0 Å². The lowest BCUT2D eigenvalue weighted by Gasteiger charge is -2.18. The Balaban J connectivity index is 1.38. The Hall–Kier alpha value is -3.65. The van der Waals surface area contributed by atoms with E-state index in [0.717, 1.165) is 16.8 Å². The second-order valence-electron chi connectivity index (χ2n) is 6.86. The maximum atomic E-state index is 6.03. The van der Waals surface area contributed by atoms with Crippen LogP contribution in [0.25, 0.3) is 17.1 Å². The number of aromatic nitrogens is 4. The Morgan fingerprint density at radius 3 is 2.84 bits per heavy atom. The van der Waals surface area contributed by atoms with Gasteiger partial charge in [-0.1, -0.05) is 41.0 Å². The third-order valence-electron chi connectivity index (χ3n) is 4.67. The standard InChI is InChI=1S/C22H22ClN7O/c1-15(16-6-4-9-19(13-16)30-11-5-10-26-30)27-22(24-2)25-14-20-28-21(29-31-20)17-7-3-8-18(23)12-17/h3-13,15H,14H2,1-2H3,(H2,24,25,27). The van der Waals surface area contributed by atoms with Crippen molar-refractivity contribution in [3.05, 3.63) is 83.5 Å². The molecule has 0 saturated heterocycles. The van der Waals surface area contributed by atoms with Gasteiger partial charge >= 0.3 is 0 Å². The Morgan fingerprint density at radius 1 is 1.19 bits per heavy atom. The van der Waals surface area contributed by atoms with Gasteiger partial charge in [0.1, 0.15) is 0 Å². The summed E-state index contributed by atoms with van der Waals surface area (Å²) in [5, 5.41) is 15.5. The molecule has 0 fully saturated rings. The Bertz CT molecular complexity index is 1170. The lowest BCUT2D eigenvalue weighted by molar-refractivity contribution is 0.375. The average molecular weight is 436 g/mol. The minimum absolute atomic E-state index is 0.0198. The summed E-state index contributed by atoms with van der Waals surface area (Å²) < 4.78 is 7.17. The molecule has 2 N–H and O–H groups in total. The zero-order valence-electron chi connectivity index (χ0n) is 17.2. The first-order valence-electron chi connectivity index (χ1n) is 9.78. The number of hydrogen-bond acceptors (Lipinski definition) is 5. The number of aliphatic imine (C=N–C) groups is 1. The lowest BCUT2D eigenvalue weighted by Crippen LogP contribution is -2.38. The van der Waals surface area contributed by atoms with Crippen LogP contribution in [0.2, 0.25) is 5.02 Å². The van der Waals surface area contributed by atoms with E-state index in [1.54, 1.807) is 25.4 Å². The van der Waals surface area contributed by atoms with E-state index in [1.807, 2.05) is 41.2 Å². The molecule has 2 aromatic carbocycles. The predicted octanol–water partition coefficient (Wildman–Crippen LogP) is 4.00. The summed E-state index contributed by atoms with van der Waals surface area (Å²) in [6.45, 7) is 2.41. The molecule has 0 aliphatic heterocycles. The topological polar surface area (TPSA) is 93.2 Å². The second-order valence-corrected chi connectivity index (χ2v) is 7.30. The van der Waals surface area contributed by atoms with Crippen LogP contribution in [0.15, 0.2) is 76.5 Å². The molecule has 158 valence electrons. The van der Waals surface area contributed by atoms with E-state index < -0.39 is 0 Å². The van der Waals surface area contributed by atoms with Crippen LogP contribution in [0.4, 0.5) is 0 Å². The summed E-state index contributed by atoms with van der Waals surface area (Å²) in [5.74, 6) is 1.57. The number of halogens is 1. The Labute approximate surface area is 185 Å². The van der Waals surface area contributed by atoms with E-state index in [0.29, 0.717) is 29.2 Å². The van der Waals surface area contributed by atoms with E-state index in [-0.39, 0.29) is 6.04 Å². The molecule has 31 heavy (non-hydrogen) atoms. The first-order valence-corrected chi connectivity index (χ1v) is 10.2. The van der Waals surface area contributed by atoms with Crippen LogP contribution in [-0.4, -0.2) is 32.9 Å². The van der Waals surface area contributed by atoms with Crippen LogP contribution < -0.4 is 10.6 Å². The molecule has 2 heterocycles. The van der Waals surface area contributed by atoms with Gasteiger partial charge in [0.05, 0.1) is 18.3 Å². The van der Waals surface area contributed by atoms with Crippen molar-refractivity contribution in [2.24, 2.45) is 4.99 Å². The molecular weight excluding hydrogens is 414 g/mol. The fraction of sp³-hybridized carbons (Fsp3) is 0.182. The molecule has 4 aromatic rings. The molecule has 0 spiro atoms. The van der Waals surface area contributed by atoms with Crippen LogP contribution in [0.5, 0.6) is 0 Å². The summed E-state index contributed by atoms with van der Waals surface area (Å²) in [7, 11) is 1.72. The largest absolute Gasteiger partial charge is 0.350 e. The van der Waals surface area contributed by atoms with E-state index in [9.17, 15) is 0 Å². The fourth-order valence-corrected chi connectivity index (χ4v) is 3.26. The van der Waals surface area contributed by atoms with E-state index >= 15 is 0 Å². The van der Waals surface area contributed by atoms with Gasteiger partial charge in [0.2, 0.25) is 11.7 Å². The first kappa shape index (κ1) is 20.6. The maximum absolute atomic E-state index is 6.03. The summed E-state index contributed by atoms with van der Waals surface area (Å²) in [6.07, 6.45) is 3.68. The molecule has 0 aliphatic carbocycles. The van der Waals surface area contributed by atoms with Crippen molar-refractivity contribution < 1.29 is 4.52 Å². The van der Waals surface area contributed by atoms with Gasteiger partial charge in [-0.05, 0) is 42.8 Å². The van der Waals surface area contributed by atoms with Crippen molar-refractivity contribution in [2.45, 2.75) is 19.5 Å². The maximum Gasteiger partial charge on any atom is 0.246 e. The SMILES string of the molecule is CN=C(NCc1nc(-c2cccc(Cl)c2)no1)NC(C)c1cccc(-n2cccn2)c1. The monoisotopic (exact) mass is 435 g/mol. The number of nitrogens with zero attached hydrogens (tertiary/aromatic N) is 5. The lowest BCUT2D eigenvalue weighted by atomic mass is 10.1. The van der Waals surface area contributed by atoms with Gasteiger partial charge in [0.25, 0.3) is 0 Å². The molecule has 9 heteroatoms. The van der Waals surface area contributed by atoms with Crippen molar-refractivity contribution in [2.75, 3.05) is 7.05 Å². The van der Waals surface area contributed by atoms with Crippen LogP contribution >= 0.6 is 11.6 Å². The van der Waals surface area contributed by atoms with Gasteiger partial charge < -0.3 is 15.2 Å². The van der Waals surface area contributed by atoms with Gasteiger partial charge in [-0.25, -0.2) is 4.68 Å². The zero-order chi connectivity index (χ0) is 21.6. The van der Waals surface area contributed by atoms with Crippen molar-refractivity contribution in [1.82, 2.24) is 30.6 Å². The Morgan fingerprint density at radius 2 is 2.06 bits per heavy atom. The van der Waals surface area contributed by atoms with Gasteiger partial charge in [-0.2, -0.15) is 10.1 Å². The van der Waals surface area contributed by atoms with Crippen molar-refractivity contribution in [1.29, 1.82) is 0 Å². The average Bonchev–Trinajstić information content (AvgIpc) is 3.49. The summed E-state index contributed by atoms with van der Waals surface area (Å²) >= 11 is 6.03. The second kappa shape index (κ2) is 9.44. The smallest absolute Gasteiger partial charge is 0.246 e. The number of nitrogens with one attached hydrogen (secondary N) is 2. The number of hydrogen-bond donors (Lipinski definition) is 2. The minimum atomic E-state index is 0.0198. The molecule has 1 unspecified atom stereocenters. The van der Waals surface area contributed by atoms with E-state index in [4.69, 9.17) is 16.1 Å². The molecular formula is C22H22ClN7O. The first-order chi connectivity index (χ1) is 15.1. The molecule has 8 nitrogen and oxygen atoms in total. The van der Waals surface area contributed by atoms with Gasteiger partial charge in [0, 0.05) is 30.0 Å². The predicted molar refractivity (Wildman–Crippen MR) is 120 cm³/mol. The summed E-state index contributed by atoms with van der Waals surface area (Å²) in [4.78, 5) is 8.70. The zero-order valence-corrected chi connectivity index (χ0v) is 17.9. The van der Waals surface area contributed by atoms with Crippen molar-refractivity contribution in [3.63, 3.8) is 0 Å². The van der Waals surface area contributed by atoms with Gasteiger partial charge in [0.15, 0.2) is 5.96 Å². The summed E-state index contributed by atoms with van der Waals surface area (Å²) in [6, 6.07) is 17.4. The molecule has 1 atom stereocenters. The molecule has 0 saturated carbocycles. The quantitative estimate of drug-likeness (QED) is 0.351. The molecule has 2 aromatic heterocycles. The molecule has 0 aliphatic rings. The number of guanidine groups is 1. The molecule has 0 bridgehead atoms. The Kier molecular flexibility index (Phi) is 6.28. The highest BCUT2D eigenvalue weighted by Crippen LogP contribution is 2.20. The third-order valence-corrected chi connectivity index (χ3v) is 4.91. The highest BCUT2D eigenvalue weighted by atomic mass is 35.5. The number of rotatable bonds is 6. The number of benzene rings is 2. The van der Waals surface area contributed by atoms with Gasteiger partial charge in [-0.15, -0.1) is 0 Å². The normalized spacial score (nSPS) is 12.5. The van der Waals surface area contributed by atoms with Gasteiger partial charge in [-0.3, -0.25) is 4.99 Å². The summed E-state index contributed by atoms with van der Waals surface area (Å²) in [5.41, 5.74) is 2.91. The highest BCUT2D eigenvalue weighted by molar-refractivity contribution is 6.30. The fourth-order valence-electron chi connectivity index (χ4n) is 3.07. The van der Waals surface area contributed by atoms with Crippen LogP contribution in [0.1, 0.15) is 24.4 Å². The minimum Gasteiger partial charge on any atom is -0.350 e. The highest BCUT2D eigenvalue weighted by Gasteiger charge is 2.12. The van der Waals surface area contributed by atoms with E-state index in [1.165, 1.54) is 0 Å². The van der Waals surface area contributed by atoms with E-state index in [2.05, 4.69) is 49.9 Å². The van der Waals surface area contributed by atoms with Crippen LogP contribution in [0, 0.1) is 0 Å². The molecule has 4 rings (SSSR count). The molecule has 0 radical (unpaired) electrons.